The van der Waals surface area contributed by atoms with Crippen molar-refractivity contribution in [3.8, 4) is 5.75 Å². The van der Waals surface area contributed by atoms with E-state index in [0.717, 1.165) is 39.3 Å². The third-order valence-electron chi connectivity index (χ3n) is 4.96. The molecule has 0 bridgehead atoms. The van der Waals surface area contributed by atoms with Crippen LogP contribution >= 0.6 is 0 Å². The Bertz CT molecular complexity index is 992. The second kappa shape index (κ2) is 7.78. The number of aromatic nitrogens is 3. The Balaban J connectivity index is 1.67. The first-order chi connectivity index (χ1) is 12.9. The fourth-order valence-electron chi connectivity index (χ4n) is 3.54. The Morgan fingerprint density at radius 3 is 2.74 bits per heavy atom. The van der Waals surface area contributed by atoms with Gasteiger partial charge in [0.25, 0.3) is 0 Å². The van der Waals surface area contributed by atoms with Gasteiger partial charge >= 0.3 is 0 Å². The van der Waals surface area contributed by atoms with E-state index < -0.39 is 0 Å². The monoisotopic (exact) mass is 366 g/mol. The molecule has 0 radical (unpaired) electrons. The molecule has 3 aromatic rings. The highest BCUT2D eigenvalue weighted by Crippen LogP contribution is 2.26. The van der Waals surface area contributed by atoms with Crippen molar-refractivity contribution >= 4 is 16.9 Å². The SMILES string of the molecule is COc1cccc(CNC(=O)CCc2c(C)nc3c(c(C)nn3C)c2C)c1. The summed E-state index contributed by atoms with van der Waals surface area (Å²) in [5, 5.41) is 8.54. The van der Waals surface area contributed by atoms with Gasteiger partial charge in [-0.05, 0) is 56.0 Å². The van der Waals surface area contributed by atoms with E-state index >= 15 is 0 Å². The number of rotatable bonds is 6. The molecule has 2 heterocycles. The lowest BCUT2D eigenvalue weighted by atomic mass is 9.99. The molecule has 2 aromatic heterocycles. The number of pyridine rings is 1. The zero-order valence-corrected chi connectivity index (χ0v) is 16.6. The van der Waals surface area contributed by atoms with Crippen LogP contribution in [0.5, 0.6) is 5.75 Å². The van der Waals surface area contributed by atoms with Crippen LogP contribution in [0.2, 0.25) is 0 Å². The Morgan fingerprint density at radius 2 is 2.00 bits per heavy atom. The number of nitrogens with one attached hydrogen (secondary N) is 1. The lowest BCUT2D eigenvalue weighted by molar-refractivity contribution is -0.121. The van der Waals surface area contributed by atoms with Crippen LogP contribution in [0.15, 0.2) is 24.3 Å². The van der Waals surface area contributed by atoms with Gasteiger partial charge < -0.3 is 10.1 Å². The molecule has 0 aliphatic heterocycles. The van der Waals surface area contributed by atoms with E-state index in [1.165, 1.54) is 5.56 Å². The predicted octanol–water partition coefficient (Wildman–Crippen LogP) is 3.15. The van der Waals surface area contributed by atoms with Crippen LogP contribution in [0.3, 0.4) is 0 Å². The first-order valence-corrected chi connectivity index (χ1v) is 9.09. The molecule has 1 aromatic carbocycles. The largest absolute Gasteiger partial charge is 0.497 e. The summed E-state index contributed by atoms with van der Waals surface area (Å²) < 4.78 is 7.03. The third kappa shape index (κ3) is 3.94. The molecule has 6 heteroatoms. The van der Waals surface area contributed by atoms with Crippen molar-refractivity contribution in [1.29, 1.82) is 0 Å². The molecule has 0 spiro atoms. The summed E-state index contributed by atoms with van der Waals surface area (Å²) in [5.74, 6) is 0.818. The van der Waals surface area contributed by atoms with Crippen LogP contribution in [0.25, 0.3) is 11.0 Å². The molecule has 0 fully saturated rings. The van der Waals surface area contributed by atoms with Crippen molar-refractivity contribution in [2.24, 2.45) is 7.05 Å². The van der Waals surface area contributed by atoms with E-state index in [2.05, 4.69) is 17.3 Å². The zero-order chi connectivity index (χ0) is 19.6. The number of amides is 1. The number of aryl methyl sites for hydroxylation is 4. The van der Waals surface area contributed by atoms with Gasteiger partial charge in [-0.25, -0.2) is 4.98 Å². The number of fused-ring (bicyclic) bond motifs is 1. The predicted molar refractivity (Wildman–Crippen MR) is 106 cm³/mol. The van der Waals surface area contributed by atoms with Gasteiger partial charge in [0.2, 0.25) is 5.91 Å². The van der Waals surface area contributed by atoms with Gasteiger partial charge in [0.1, 0.15) is 5.75 Å². The standard InChI is InChI=1S/C21H26N4O2/c1-13-18(14(2)23-21-20(13)15(3)24-25(21)4)9-10-19(26)22-12-16-7-6-8-17(11-16)27-5/h6-8,11H,9-10,12H2,1-5H3,(H,22,26). The van der Waals surface area contributed by atoms with E-state index in [-0.39, 0.29) is 5.91 Å². The number of carbonyl (C=O) groups excluding carboxylic acids is 1. The summed E-state index contributed by atoms with van der Waals surface area (Å²) in [6, 6.07) is 7.71. The highest BCUT2D eigenvalue weighted by molar-refractivity contribution is 5.84. The topological polar surface area (TPSA) is 69.0 Å². The van der Waals surface area contributed by atoms with Crippen molar-refractivity contribution in [2.45, 2.75) is 40.2 Å². The average Bonchev–Trinajstić information content (AvgIpc) is 2.93. The van der Waals surface area contributed by atoms with Gasteiger partial charge in [0.15, 0.2) is 5.65 Å². The van der Waals surface area contributed by atoms with E-state index in [9.17, 15) is 4.79 Å². The molecule has 1 N–H and O–H groups in total. The molecule has 0 unspecified atom stereocenters. The number of benzene rings is 1. The van der Waals surface area contributed by atoms with Gasteiger partial charge in [0.05, 0.1) is 12.8 Å². The van der Waals surface area contributed by atoms with Gasteiger partial charge in [-0.3, -0.25) is 9.48 Å². The van der Waals surface area contributed by atoms with E-state index in [1.807, 2.05) is 49.8 Å². The molecule has 3 rings (SSSR count). The molecule has 6 nitrogen and oxygen atoms in total. The average molecular weight is 366 g/mol. The number of carbonyl (C=O) groups is 1. The van der Waals surface area contributed by atoms with Crippen molar-refractivity contribution < 1.29 is 9.53 Å². The second-order valence-corrected chi connectivity index (χ2v) is 6.84. The van der Waals surface area contributed by atoms with Crippen molar-refractivity contribution in [1.82, 2.24) is 20.1 Å². The van der Waals surface area contributed by atoms with Crippen LogP contribution in [0.4, 0.5) is 0 Å². The Hall–Kier alpha value is -2.89. The summed E-state index contributed by atoms with van der Waals surface area (Å²) >= 11 is 0. The van der Waals surface area contributed by atoms with Gasteiger partial charge in [-0.2, -0.15) is 5.10 Å². The van der Waals surface area contributed by atoms with E-state index in [1.54, 1.807) is 7.11 Å². The molecule has 0 aliphatic rings. The van der Waals surface area contributed by atoms with E-state index in [4.69, 9.17) is 9.72 Å². The van der Waals surface area contributed by atoms with Crippen LogP contribution in [-0.2, 0) is 24.8 Å². The quantitative estimate of drug-likeness (QED) is 0.728. The van der Waals surface area contributed by atoms with E-state index in [0.29, 0.717) is 19.4 Å². The van der Waals surface area contributed by atoms with Crippen LogP contribution < -0.4 is 10.1 Å². The van der Waals surface area contributed by atoms with Gasteiger partial charge in [0, 0.05) is 31.1 Å². The Morgan fingerprint density at radius 1 is 1.22 bits per heavy atom. The number of nitrogens with zero attached hydrogens (tertiary/aromatic N) is 3. The molecule has 0 saturated carbocycles. The minimum absolute atomic E-state index is 0.0274. The molecular formula is C21H26N4O2. The molecule has 0 atom stereocenters. The lowest BCUT2D eigenvalue weighted by Gasteiger charge is -2.11. The normalized spacial score (nSPS) is 11.0. The number of methoxy groups -OCH3 is 1. The molecular weight excluding hydrogens is 340 g/mol. The maximum absolute atomic E-state index is 12.3. The number of hydrogen-bond donors (Lipinski definition) is 1. The van der Waals surface area contributed by atoms with Crippen LogP contribution in [-0.4, -0.2) is 27.8 Å². The number of ether oxygens (including phenoxy) is 1. The first kappa shape index (κ1) is 18.9. The highest BCUT2D eigenvalue weighted by Gasteiger charge is 2.16. The fourth-order valence-corrected chi connectivity index (χ4v) is 3.54. The van der Waals surface area contributed by atoms with Gasteiger partial charge in [-0.15, -0.1) is 0 Å². The minimum Gasteiger partial charge on any atom is -0.497 e. The summed E-state index contributed by atoms with van der Waals surface area (Å²) in [5.41, 5.74) is 6.15. The van der Waals surface area contributed by atoms with Gasteiger partial charge in [-0.1, -0.05) is 12.1 Å². The fraction of sp³-hybridized carbons (Fsp3) is 0.381. The Labute approximate surface area is 159 Å². The van der Waals surface area contributed by atoms with Crippen molar-refractivity contribution in [3.63, 3.8) is 0 Å². The maximum Gasteiger partial charge on any atom is 0.220 e. The van der Waals surface area contributed by atoms with Crippen LogP contribution in [0, 0.1) is 20.8 Å². The minimum atomic E-state index is 0.0274. The molecule has 1 amide bonds. The van der Waals surface area contributed by atoms with Crippen LogP contribution in [0.1, 0.15) is 34.5 Å². The highest BCUT2D eigenvalue weighted by atomic mass is 16.5. The first-order valence-electron chi connectivity index (χ1n) is 9.09. The number of hydrogen-bond acceptors (Lipinski definition) is 4. The summed E-state index contributed by atoms with van der Waals surface area (Å²) in [7, 11) is 3.55. The molecule has 27 heavy (non-hydrogen) atoms. The smallest absolute Gasteiger partial charge is 0.220 e. The third-order valence-corrected chi connectivity index (χ3v) is 4.96. The molecule has 0 saturated heterocycles. The summed E-state index contributed by atoms with van der Waals surface area (Å²) in [6.45, 7) is 6.58. The maximum atomic E-state index is 12.3. The van der Waals surface area contributed by atoms with Crippen molar-refractivity contribution in [3.05, 3.63) is 52.3 Å². The summed E-state index contributed by atoms with van der Waals surface area (Å²) in [6.07, 6.45) is 1.09. The molecule has 142 valence electrons. The Kier molecular flexibility index (Phi) is 5.44. The lowest BCUT2D eigenvalue weighted by Crippen LogP contribution is -2.23. The summed E-state index contributed by atoms with van der Waals surface area (Å²) in [4.78, 5) is 17.0. The second-order valence-electron chi connectivity index (χ2n) is 6.84. The molecule has 0 aliphatic carbocycles. The zero-order valence-electron chi connectivity index (χ0n) is 16.6. The van der Waals surface area contributed by atoms with Crippen molar-refractivity contribution in [2.75, 3.05) is 7.11 Å².